The van der Waals surface area contributed by atoms with Gasteiger partial charge in [-0.2, -0.15) is 8.78 Å². The molecule has 0 aliphatic rings. The Morgan fingerprint density at radius 1 is 1.45 bits per heavy atom. The van der Waals surface area contributed by atoms with Gasteiger partial charge >= 0.3 is 12.6 Å². The van der Waals surface area contributed by atoms with Gasteiger partial charge in [0, 0.05) is 10.9 Å². The summed E-state index contributed by atoms with van der Waals surface area (Å²) in [5, 5.41) is 2.35. The maximum atomic E-state index is 12.2. The van der Waals surface area contributed by atoms with Crippen molar-refractivity contribution in [3.63, 3.8) is 0 Å². The molecule has 0 atom stereocenters. The van der Waals surface area contributed by atoms with Crippen LogP contribution >= 0.6 is 11.3 Å². The van der Waals surface area contributed by atoms with Crippen LogP contribution in [0.4, 0.5) is 8.78 Å². The molecule has 1 aromatic heterocycles. The van der Waals surface area contributed by atoms with Gasteiger partial charge in [0.15, 0.2) is 0 Å². The summed E-state index contributed by atoms with van der Waals surface area (Å²) in [6, 6.07) is 6.25. The Balaban J connectivity index is 2.17. The van der Waals surface area contributed by atoms with Crippen molar-refractivity contribution in [2.45, 2.75) is 13.0 Å². The number of hydrogen-bond donors (Lipinski definition) is 0. The summed E-state index contributed by atoms with van der Waals surface area (Å²) in [7, 11) is 1.31. The Labute approximate surface area is 118 Å². The number of aromatic nitrogens is 1. The molecular formula is C13H11F2NO3S. The summed E-state index contributed by atoms with van der Waals surface area (Å²) in [4.78, 5) is 15.4. The van der Waals surface area contributed by atoms with E-state index in [1.54, 1.807) is 17.5 Å². The molecule has 0 amide bonds. The van der Waals surface area contributed by atoms with Crippen molar-refractivity contribution in [1.82, 2.24) is 4.98 Å². The van der Waals surface area contributed by atoms with E-state index in [-0.39, 0.29) is 18.1 Å². The molecule has 2 aromatic rings. The predicted octanol–water partition coefficient (Wildman–Crippen LogP) is 3.13. The average molecular weight is 299 g/mol. The lowest BCUT2D eigenvalue weighted by molar-refractivity contribution is -0.139. The minimum Gasteiger partial charge on any atom is -0.469 e. The molecule has 0 saturated carbocycles. The summed E-state index contributed by atoms with van der Waals surface area (Å²) in [5.41, 5.74) is 1.25. The molecule has 0 saturated heterocycles. The minimum atomic E-state index is -2.87. The fourth-order valence-electron chi connectivity index (χ4n) is 1.55. The fraction of sp³-hybridized carbons (Fsp3) is 0.231. The Kier molecular flexibility index (Phi) is 4.62. The Morgan fingerprint density at radius 2 is 2.25 bits per heavy atom. The van der Waals surface area contributed by atoms with E-state index in [9.17, 15) is 13.6 Å². The Bertz CT molecular complexity index is 601. The molecule has 0 aliphatic carbocycles. The molecule has 106 valence electrons. The molecule has 0 radical (unpaired) electrons. The van der Waals surface area contributed by atoms with E-state index in [0.29, 0.717) is 16.3 Å². The highest BCUT2D eigenvalue weighted by molar-refractivity contribution is 7.10. The molecule has 1 heterocycles. The van der Waals surface area contributed by atoms with Gasteiger partial charge in [0.05, 0.1) is 19.2 Å². The number of nitrogens with zero attached hydrogens (tertiary/aromatic N) is 1. The SMILES string of the molecule is COC(=O)Cc1nc(-c2cccc(OC(F)F)c2)cs1. The van der Waals surface area contributed by atoms with Crippen molar-refractivity contribution < 1.29 is 23.0 Å². The van der Waals surface area contributed by atoms with Crippen LogP contribution in [0, 0.1) is 0 Å². The van der Waals surface area contributed by atoms with E-state index in [1.165, 1.54) is 30.6 Å². The third kappa shape index (κ3) is 3.74. The average Bonchev–Trinajstić information content (AvgIpc) is 2.86. The molecule has 0 fully saturated rings. The smallest absolute Gasteiger partial charge is 0.387 e. The van der Waals surface area contributed by atoms with Crippen molar-refractivity contribution in [2.24, 2.45) is 0 Å². The summed E-state index contributed by atoms with van der Waals surface area (Å²) in [6.45, 7) is -2.87. The standard InChI is InChI=1S/C13H11F2NO3S/c1-18-12(17)6-11-16-10(7-20-11)8-3-2-4-9(5-8)19-13(14)15/h2-5,7,13H,6H2,1H3. The van der Waals surface area contributed by atoms with Crippen molar-refractivity contribution in [2.75, 3.05) is 7.11 Å². The first-order valence-electron chi connectivity index (χ1n) is 5.65. The van der Waals surface area contributed by atoms with E-state index in [2.05, 4.69) is 14.5 Å². The summed E-state index contributed by atoms with van der Waals surface area (Å²) < 4.78 is 33.2. The van der Waals surface area contributed by atoms with Gasteiger partial charge < -0.3 is 9.47 Å². The van der Waals surface area contributed by atoms with Crippen LogP contribution in [0.2, 0.25) is 0 Å². The summed E-state index contributed by atoms with van der Waals surface area (Å²) >= 11 is 1.31. The number of hydrogen-bond acceptors (Lipinski definition) is 5. The van der Waals surface area contributed by atoms with E-state index in [1.807, 2.05) is 0 Å². The third-order valence-electron chi connectivity index (χ3n) is 2.43. The van der Waals surface area contributed by atoms with Gasteiger partial charge in [0.2, 0.25) is 0 Å². The quantitative estimate of drug-likeness (QED) is 0.796. The number of esters is 1. The minimum absolute atomic E-state index is 0.0695. The normalized spacial score (nSPS) is 10.6. The van der Waals surface area contributed by atoms with Gasteiger partial charge in [-0.25, -0.2) is 4.98 Å². The predicted molar refractivity (Wildman–Crippen MR) is 69.9 cm³/mol. The first kappa shape index (κ1) is 14.4. The molecule has 0 unspecified atom stereocenters. The van der Waals surface area contributed by atoms with E-state index in [4.69, 9.17) is 0 Å². The lowest BCUT2D eigenvalue weighted by Gasteiger charge is -2.05. The number of carbonyl (C=O) groups is 1. The van der Waals surface area contributed by atoms with Crippen LogP contribution in [0.15, 0.2) is 29.6 Å². The number of halogens is 2. The Morgan fingerprint density at radius 3 is 2.95 bits per heavy atom. The second-order valence-corrected chi connectivity index (χ2v) is 4.73. The molecule has 2 rings (SSSR count). The highest BCUT2D eigenvalue weighted by Gasteiger charge is 2.10. The summed E-state index contributed by atoms with van der Waals surface area (Å²) in [6.07, 6.45) is 0.0917. The zero-order chi connectivity index (χ0) is 14.5. The second kappa shape index (κ2) is 6.42. The van der Waals surface area contributed by atoms with Crippen molar-refractivity contribution in [1.29, 1.82) is 0 Å². The first-order chi connectivity index (χ1) is 9.58. The number of benzene rings is 1. The number of ether oxygens (including phenoxy) is 2. The highest BCUT2D eigenvalue weighted by atomic mass is 32.1. The van der Waals surface area contributed by atoms with Gasteiger partial charge in [-0.15, -0.1) is 11.3 Å². The van der Waals surface area contributed by atoms with Crippen LogP contribution in [-0.4, -0.2) is 24.7 Å². The maximum Gasteiger partial charge on any atom is 0.387 e. The number of alkyl halides is 2. The lowest BCUT2D eigenvalue weighted by atomic mass is 10.2. The van der Waals surface area contributed by atoms with Gasteiger partial charge in [-0.1, -0.05) is 12.1 Å². The molecule has 0 N–H and O–H groups in total. The van der Waals surface area contributed by atoms with Crippen LogP contribution in [-0.2, 0) is 16.0 Å². The maximum absolute atomic E-state index is 12.2. The van der Waals surface area contributed by atoms with Crippen molar-refractivity contribution in [3.8, 4) is 17.0 Å². The van der Waals surface area contributed by atoms with Gasteiger partial charge in [-0.05, 0) is 12.1 Å². The zero-order valence-corrected chi connectivity index (χ0v) is 11.3. The van der Waals surface area contributed by atoms with Crippen LogP contribution < -0.4 is 4.74 Å². The molecule has 20 heavy (non-hydrogen) atoms. The van der Waals surface area contributed by atoms with Crippen molar-refractivity contribution in [3.05, 3.63) is 34.7 Å². The molecular weight excluding hydrogens is 288 g/mol. The summed E-state index contributed by atoms with van der Waals surface area (Å²) in [5.74, 6) is -0.305. The molecule has 4 nitrogen and oxygen atoms in total. The molecule has 7 heteroatoms. The molecule has 1 aromatic carbocycles. The largest absolute Gasteiger partial charge is 0.469 e. The number of carbonyl (C=O) groups excluding carboxylic acids is 1. The molecule has 0 spiro atoms. The lowest BCUT2D eigenvalue weighted by Crippen LogP contribution is -2.03. The van der Waals surface area contributed by atoms with Crippen LogP contribution in [0.3, 0.4) is 0 Å². The van der Waals surface area contributed by atoms with Gasteiger partial charge in [0.1, 0.15) is 10.8 Å². The number of methoxy groups -OCH3 is 1. The van der Waals surface area contributed by atoms with E-state index < -0.39 is 6.61 Å². The topological polar surface area (TPSA) is 48.4 Å². The number of rotatable bonds is 5. The Hall–Kier alpha value is -2.02. The third-order valence-corrected chi connectivity index (χ3v) is 3.28. The van der Waals surface area contributed by atoms with Crippen LogP contribution in [0.25, 0.3) is 11.3 Å². The van der Waals surface area contributed by atoms with Crippen molar-refractivity contribution >= 4 is 17.3 Å². The first-order valence-corrected chi connectivity index (χ1v) is 6.53. The molecule has 0 bridgehead atoms. The van der Waals surface area contributed by atoms with Gasteiger partial charge in [-0.3, -0.25) is 4.79 Å². The highest BCUT2D eigenvalue weighted by Crippen LogP contribution is 2.26. The fourth-order valence-corrected chi connectivity index (χ4v) is 2.34. The second-order valence-electron chi connectivity index (χ2n) is 3.79. The van der Waals surface area contributed by atoms with E-state index >= 15 is 0 Å². The monoisotopic (exact) mass is 299 g/mol. The van der Waals surface area contributed by atoms with E-state index in [0.717, 1.165) is 0 Å². The number of thiazole rings is 1. The molecule has 0 aliphatic heterocycles. The van der Waals surface area contributed by atoms with Gasteiger partial charge in [0.25, 0.3) is 0 Å². The van der Waals surface area contributed by atoms with Crippen LogP contribution in [0.1, 0.15) is 5.01 Å². The zero-order valence-electron chi connectivity index (χ0n) is 10.5. The van der Waals surface area contributed by atoms with Crippen LogP contribution in [0.5, 0.6) is 5.75 Å².